The highest BCUT2D eigenvalue weighted by molar-refractivity contribution is 7.79. The number of likely N-dealkylation sites (N-methyl/N-ethyl adjacent to an activating group) is 2. The minimum Gasteiger partial charge on any atom is -0.496 e. The summed E-state index contributed by atoms with van der Waals surface area (Å²) in [5.74, 6) is 5.61. The van der Waals surface area contributed by atoms with E-state index in [1.54, 1.807) is 14.2 Å². The molecule has 20 atom stereocenters. The van der Waals surface area contributed by atoms with Gasteiger partial charge in [0.25, 0.3) is 5.91 Å². The molecule has 2 aliphatic carbocycles. The van der Waals surface area contributed by atoms with Crippen LogP contribution in [-0.2, 0) is 87.9 Å². The number of methoxy groups -OCH3 is 3. The minimum absolute atomic E-state index is 0.163. The normalized spacial score (nSPS) is 36.3. The Morgan fingerprint density at radius 3 is 1.39 bits per heavy atom. The van der Waals surface area contributed by atoms with Gasteiger partial charge >= 0.3 is 34.6 Å². The van der Waals surface area contributed by atoms with Crippen molar-refractivity contribution in [2.45, 2.75) is 206 Å². The Morgan fingerprint density at radius 1 is 0.592 bits per heavy atom. The lowest BCUT2D eigenvalue weighted by Crippen LogP contribution is -2.82. The lowest BCUT2D eigenvalue weighted by atomic mass is 9.47. The average Bonchev–Trinajstić information content (AvgIpc) is 1.47. The molecule has 120 heavy (non-hydrogen) atoms. The van der Waals surface area contributed by atoms with Gasteiger partial charge < -0.3 is 64.2 Å². The zero-order valence-electron chi connectivity index (χ0n) is 70.5. The number of hydrogen-bond acceptors (Lipinski definition) is 25. The van der Waals surface area contributed by atoms with Crippen LogP contribution in [0.3, 0.4) is 0 Å². The van der Waals surface area contributed by atoms with Gasteiger partial charge in [-0.05, 0) is 162 Å². The van der Waals surface area contributed by atoms with Gasteiger partial charge in [0, 0.05) is 186 Å². The van der Waals surface area contributed by atoms with Crippen LogP contribution in [0.5, 0.6) is 11.5 Å². The van der Waals surface area contributed by atoms with Crippen LogP contribution in [0.25, 0.3) is 21.8 Å². The highest BCUT2D eigenvalue weighted by atomic mass is 32.3. The minimum atomic E-state index is -4.67. The molecular weight excluding hydrogens is 1560 g/mol. The monoisotopic (exact) mass is 1680 g/mol. The SMILES string of the molecule is CCC1(O)CC2CN(CCc3c([nH]c4ccccc34)[C@@](C)(c3cc4c(cc3OC)N(C)[C@H]3[C@@](O)(C(=O)NN)[C@H](O)[C@]5(CC)C=CCN6CC[C@]43[C@@H]65)C2)C1.CCC1(O)CC2CN(CCc3c([nH]c4ccccc34)[C@@](C)(c3cc4c(cc3OC)N(C)[C@H]3[C@@](O)(C(=O)OC)[C@H](OC(C)=O)[C@]5(CC)C=CCN6CC[C@]43[C@@H]65)C2)C1.O=C=O.O=C=O.O=S(=O)(O)O. The van der Waals surface area contributed by atoms with Crippen LogP contribution >= 0.6 is 0 Å². The number of benzene rings is 4. The number of nitrogens with zero attached hydrogens (tertiary/aromatic N) is 6. The number of para-hydroxylation sites is 2. The molecule has 4 saturated heterocycles. The van der Waals surface area contributed by atoms with Gasteiger partial charge in [0.15, 0.2) is 11.7 Å². The third-order valence-corrected chi connectivity index (χ3v) is 30.6. The van der Waals surface area contributed by atoms with Gasteiger partial charge in [-0.2, -0.15) is 27.6 Å². The maximum atomic E-state index is 14.3. The fourth-order valence-corrected chi connectivity index (χ4v) is 26.4. The summed E-state index contributed by atoms with van der Waals surface area (Å²) in [5, 5.41) is 64.7. The molecule has 2 saturated carbocycles. The molecule has 648 valence electrons. The number of aromatic amines is 2. The maximum Gasteiger partial charge on any atom is 0.394 e. The summed E-state index contributed by atoms with van der Waals surface area (Å²) in [7, 11) is 3.95. The van der Waals surface area contributed by atoms with E-state index in [9.17, 15) is 39.9 Å². The molecule has 0 radical (unpaired) electrons. The Bertz CT molecular complexity index is 5220. The van der Waals surface area contributed by atoms with Crippen molar-refractivity contribution >= 4 is 73.7 Å². The fraction of sp³-hybridized carbons (Fsp3) is 0.584. The largest absolute Gasteiger partial charge is 0.496 e. The van der Waals surface area contributed by atoms with Crippen molar-refractivity contribution in [2.75, 3.05) is 111 Å². The number of anilines is 2. The van der Waals surface area contributed by atoms with Crippen molar-refractivity contribution in [2.24, 2.45) is 28.5 Å². The number of aliphatic hydroxyl groups excluding tert-OH is 1. The van der Waals surface area contributed by atoms with Crippen LogP contribution in [0.1, 0.15) is 157 Å². The Morgan fingerprint density at radius 2 is 1.00 bits per heavy atom. The zero-order valence-corrected chi connectivity index (χ0v) is 71.3. The highest BCUT2D eigenvalue weighted by Gasteiger charge is 2.82. The number of esters is 2. The first-order valence-electron chi connectivity index (χ1n) is 41.8. The number of hydrazine groups is 1. The molecule has 10 aliphatic heterocycles. The molecule has 6 unspecified atom stereocenters. The number of aromatic nitrogens is 2. The summed E-state index contributed by atoms with van der Waals surface area (Å²) in [6.45, 7) is 22.2. The third kappa shape index (κ3) is 13.2. The van der Waals surface area contributed by atoms with E-state index in [0.717, 1.165) is 147 Å². The van der Waals surface area contributed by atoms with Crippen LogP contribution in [0.15, 0.2) is 97.1 Å². The molecule has 4 bridgehead atoms. The maximum absolute atomic E-state index is 14.3. The van der Waals surface area contributed by atoms with Gasteiger partial charge in [-0.25, -0.2) is 10.6 Å². The number of carbonyl (C=O) groups excluding carboxylic acids is 7. The number of aliphatic hydroxyl groups is 5. The summed E-state index contributed by atoms with van der Waals surface area (Å²) in [5.41, 5.74) is 5.17. The van der Waals surface area contributed by atoms with Gasteiger partial charge in [0.1, 0.15) is 17.6 Å². The van der Waals surface area contributed by atoms with E-state index in [4.69, 9.17) is 61.5 Å². The van der Waals surface area contributed by atoms with Gasteiger partial charge in [-0.3, -0.25) is 43.7 Å². The number of amides is 1. The molecule has 18 rings (SSSR count). The molecule has 31 heteroatoms. The van der Waals surface area contributed by atoms with Crippen molar-refractivity contribution in [1.29, 1.82) is 0 Å². The van der Waals surface area contributed by atoms with Gasteiger partial charge in [-0.1, -0.05) is 88.4 Å². The standard InChI is InChI=1S/C45H58N4O7.C42H56N6O5.2CO2.H2O4S/c1-8-42(52)24-28-23-41(4,36-30(15-19-48(25-28)26-42)29-13-10-11-14-33(29)46-36)32-21-31-34(22-35(32)54-6)47(5)38-44(31)17-20-49-18-12-16-43(9-2,37(44)49)39(56-27(3)50)45(38,53)40(51)55-7;1-6-39(51)22-25-21-38(3,33-27(13-17-47(23-25)24-39)26-11-8-9-12-30(26)44-33)29-19-28-31(20-32(29)53-5)46(4)35-41(28)15-18-48-16-10-14-40(7-2,34(41)48)36(49)42(35,52)37(50)45-43;2*2-1-3;1-5(2,3)4/h10-14,16,21-22,28,37-39,46,52-53H,8-9,15,17-20,23-26H2,1-7H3;8-12,14,19-20,25,34-36,44,49,51-52H,6-7,13,15-18,21-24,43H2,1-5H3,(H,45,50);;;(H2,1,2,3,4)/t28?,37-,38+,39+,41+,42?,43+,44+,45-;25?,34-,35+,36+,38+,39?,40+,41+,42-;;;/m00.../s1. The predicted molar refractivity (Wildman–Crippen MR) is 443 cm³/mol. The number of carbonyl (C=O) groups is 3. The molecule has 12 N–H and O–H groups in total. The number of rotatable bonds is 11. The quantitative estimate of drug-likeness (QED) is 0.0174. The number of piperidine rings is 2. The van der Waals surface area contributed by atoms with Crippen molar-refractivity contribution in [3.63, 3.8) is 0 Å². The summed E-state index contributed by atoms with van der Waals surface area (Å²) >= 11 is 0. The first kappa shape index (κ1) is 87.6. The number of hydrogen-bond donors (Lipinski definition) is 11. The Labute approximate surface area is 699 Å². The van der Waals surface area contributed by atoms with Crippen molar-refractivity contribution in [1.82, 2.24) is 35.0 Å². The second kappa shape index (κ2) is 31.9. The number of H-pyrrole nitrogens is 2. The van der Waals surface area contributed by atoms with Gasteiger partial charge in [-0.15, -0.1) is 0 Å². The summed E-state index contributed by atoms with van der Waals surface area (Å²) in [4.78, 5) is 95.5. The average molecular weight is 1680 g/mol. The molecule has 12 aliphatic rings. The van der Waals surface area contributed by atoms with Crippen LogP contribution in [0.2, 0.25) is 0 Å². The van der Waals surface area contributed by atoms with Gasteiger partial charge in [0.2, 0.25) is 5.60 Å². The second-order valence-electron chi connectivity index (χ2n) is 36.3. The topological polar surface area (TPSA) is 421 Å². The van der Waals surface area contributed by atoms with E-state index in [2.05, 4.69) is 167 Å². The number of nitrogens with one attached hydrogen (secondary N) is 3. The summed E-state index contributed by atoms with van der Waals surface area (Å²) < 4.78 is 56.0. The van der Waals surface area contributed by atoms with E-state index >= 15 is 0 Å². The smallest absolute Gasteiger partial charge is 0.394 e. The van der Waals surface area contributed by atoms with E-state index in [-0.39, 0.29) is 36.2 Å². The lowest BCUT2D eigenvalue weighted by molar-refractivity contribution is -0.228. The van der Waals surface area contributed by atoms with Crippen molar-refractivity contribution in [3.05, 3.63) is 142 Å². The van der Waals surface area contributed by atoms with Crippen molar-refractivity contribution in [3.8, 4) is 11.5 Å². The van der Waals surface area contributed by atoms with Gasteiger partial charge in [0.05, 0.1) is 44.6 Å². The summed E-state index contributed by atoms with van der Waals surface area (Å²) in [6, 6.07) is 24.1. The van der Waals surface area contributed by atoms with Crippen LogP contribution in [-0.4, -0.2) is 262 Å². The predicted octanol–water partition coefficient (Wildman–Crippen LogP) is 6.10. The molecule has 12 heterocycles. The molecule has 4 aromatic carbocycles. The first-order chi connectivity index (χ1) is 56.9. The number of nitrogens with two attached hydrogens (primary N) is 1. The molecular formula is C89H116N10O20S. The Hall–Kier alpha value is -8.72. The first-order valence-corrected chi connectivity index (χ1v) is 43.2. The molecule has 1 amide bonds. The number of ether oxygens (including phenoxy) is 4. The lowest BCUT2D eigenvalue weighted by Gasteiger charge is -2.63. The fourth-order valence-electron chi connectivity index (χ4n) is 26.4. The van der Waals surface area contributed by atoms with E-state index in [1.165, 1.54) is 47.3 Å². The van der Waals surface area contributed by atoms with Crippen molar-refractivity contribution < 1.29 is 95.6 Å². The number of fused-ring (bicyclic) bond motifs is 12. The van der Waals surface area contributed by atoms with E-state index in [0.29, 0.717) is 51.6 Å². The molecule has 2 aromatic heterocycles. The van der Waals surface area contributed by atoms with Crippen LogP contribution in [0, 0.1) is 22.7 Å². The highest BCUT2D eigenvalue weighted by Crippen LogP contribution is 2.71. The third-order valence-electron chi connectivity index (χ3n) is 30.6. The summed E-state index contributed by atoms with van der Waals surface area (Å²) in [6.07, 6.45) is 14.9. The van der Waals surface area contributed by atoms with Crippen LogP contribution < -0.4 is 30.5 Å². The Balaban J connectivity index is 0.000000176. The Kier molecular flexibility index (Phi) is 23.3. The van der Waals surface area contributed by atoms with E-state index in [1.807, 2.05) is 30.8 Å². The molecule has 6 fully saturated rings. The van der Waals surface area contributed by atoms with E-state index < -0.39 is 107 Å². The van der Waals surface area contributed by atoms with Crippen LogP contribution in [0.4, 0.5) is 11.4 Å². The molecule has 2 spiro atoms. The second-order valence-corrected chi connectivity index (χ2v) is 37.2. The molecule has 30 nitrogen and oxygen atoms in total. The zero-order chi connectivity index (χ0) is 86.8. The molecule has 6 aromatic rings.